The third-order valence-corrected chi connectivity index (χ3v) is 3.80. The van der Waals surface area contributed by atoms with Gasteiger partial charge in [-0.25, -0.2) is 4.98 Å². The first-order chi connectivity index (χ1) is 8.45. The maximum atomic E-state index is 12.1. The number of anilines is 1. The molecule has 0 bridgehead atoms. The van der Waals surface area contributed by atoms with Crippen LogP contribution in [0.15, 0.2) is 4.79 Å². The molecule has 7 heteroatoms. The largest absolute Gasteiger partial charge is 0.290 e. The molecule has 2 aromatic rings. The minimum atomic E-state index is -0.153. The molecule has 0 saturated carbocycles. The van der Waals surface area contributed by atoms with Crippen LogP contribution in [0, 0.1) is 6.92 Å². The van der Waals surface area contributed by atoms with Crippen LogP contribution in [0.3, 0.4) is 0 Å². The number of amides is 1. The van der Waals surface area contributed by atoms with Crippen LogP contribution >= 0.6 is 11.3 Å². The van der Waals surface area contributed by atoms with E-state index in [2.05, 4.69) is 10.1 Å². The van der Waals surface area contributed by atoms with Gasteiger partial charge in [0.1, 0.15) is 0 Å². The zero-order valence-electron chi connectivity index (χ0n) is 10.7. The first-order valence-corrected chi connectivity index (χ1v) is 6.41. The normalized spacial score (nSPS) is 10.9. The van der Waals surface area contributed by atoms with Crippen molar-refractivity contribution in [1.82, 2.24) is 14.6 Å². The quantitative estimate of drug-likeness (QED) is 0.813. The minimum absolute atomic E-state index is 0.130. The molecule has 0 aliphatic carbocycles. The number of carbonyl (C=O) groups excluding carboxylic acids is 1. The van der Waals surface area contributed by atoms with E-state index < -0.39 is 0 Å². The van der Waals surface area contributed by atoms with Crippen molar-refractivity contribution < 1.29 is 4.79 Å². The summed E-state index contributed by atoms with van der Waals surface area (Å²) in [6.07, 6.45) is 0.621. The number of aryl methyl sites for hydroxylation is 1. The molecule has 1 amide bonds. The van der Waals surface area contributed by atoms with Gasteiger partial charge in [0, 0.05) is 25.2 Å². The first kappa shape index (κ1) is 12.7. The van der Waals surface area contributed by atoms with Gasteiger partial charge < -0.3 is 0 Å². The van der Waals surface area contributed by atoms with Gasteiger partial charge in [0.05, 0.1) is 0 Å². The van der Waals surface area contributed by atoms with Gasteiger partial charge in [-0.2, -0.15) is 4.52 Å². The van der Waals surface area contributed by atoms with E-state index >= 15 is 0 Å². The second-order valence-electron chi connectivity index (χ2n) is 3.99. The summed E-state index contributed by atoms with van der Waals surface area (Å²) >= 11 is 1.23. The Balaban J connectivity index is 2.69. The lowest BCUT2D eigenvalue weighted by Gasteiger charge is -2.08. The molecule has 0 aliphatic rings. The fraction of sp³-hybridized carbons (Fsp3) is 0.455. The van der Waals surface area contributed by atoms with Crippen molar-refractivity contribution in [2.45, 2.75) is 27.2 Å². The number of aromatic nitrogens is 3. The van der Waals surface area contributed by atoms with Gasteiger partial charge in [0.15, 0.2) is 0 Å². The molecule has 18 heavy (non-hydrogen) atoms. The lowest BCUT2D eigenvalue weighted by Crippen LogP contribution is -2.24. The lowest BCUT2D eigenvalue weighted by molar-refractivity contribution is -0.116. The van der Waals surface area contributed by atoms with Gasteiger partial charge >= 0.3 is 0 Å². The maximum Gasteiger partial charge on any atom is 0.278 e. The third-order valence-electron chi connectivity index (χ3n) is 2.81. The van der Waals surface area contributed by atoms with E-state index in [9.17, 15) is 9.59 Å². The smallest absolute Gasteiger partial charge is 0.278 e. The van der Waals surface area contributed by atoms with Crippen molar-refractivity contribution >= 4 is 27.3 Å². The fourth-order valence-corrected chi connectivity index (χ4v) is 2.59. The van der Waals surface area contributed by atoms with Crippen LogP contribution in [0.1, 0.15) is 25.1 Å². The van der Waals surface area contributed by atoms with Crippen molar-refractivity contribution in [3.63, 3.8) is 0 Å². The maximum absolute atomic E-state index is 12.1. The molecule has 0 unspecified atom stereocenters. The minimum Gasteiger partial charge on any atom is -0.290 e. The number of hydrogen-bond acceptors (Lipinski definition) is 5. The Labute approximate surface area is 108 Å². The van der Waals surface area contributed by atoms with Crippen LogP contribution in [0.2, 0.25) is 0 Å². The summed E-state index contributed by atoms with van der Waals surface area (Å²) in [4.78, 5) is 29.7. The van der Waals surface area contributed by atoms with Crippen molar-refractivity contribution in [3.8, 4) is 0 Å². The van der Waals surface area contributed by atoms with E-state index in [4.69, 9.17) is 0 Å². The Morgan fingerprint density at radius 2 is 2.17 bits per heavy atom. The molecule has 6 nitrogen and oxygen atoms in total. The van der Waals surface area contributed by atoms with E-state index in [-0.39, 0.29) is 11.5 Å². The molecule has 0 saturated heterocycles. The van der Waals surface area contributed by atoms with Gasteiger partial charge in [-0.15, -0.1) is 5.10 Å². The Bertz CT molecular complexity index is 673. The van der Waals surface area contributed by atoms with Crippen molar-refractivity contribution in [2.24, 2.45) is 0 Å². The number of carbonyl (C=O) groups is 1. The molecule has 0 radical (unpaired) electrons. The average molecular weight is 266 g/mol. The third kappa shape index (κ3) is 1.90. The van der Waals surface area contributed by atoms with Crippen molar-refractivity contribution in [3.05, 3.63) is 21.6 Å². The van der Waals surface area contributed by atoms with Gasteiger partial charge in [0.25, 0.3) is 5.56 Å². The number of fused-ring (bicyclic) bond motifs is 1. The van der Waals surface area contributed by atoms with Crippen LogP contribution in [-0.2, 0) is 11.2 Å². The van der Waals surface area contributed by atoms with Crippen LogP contribution in [0.5, 0.6) is 0 Å². The molecule has 0 aliphatic heterocycles. The molecule has 2 heterocycles. The molecule has 0 atom stereocenters. The Kier molecular flexibility index (Phi) is 3.16. The highest BCUT2D eigenvalue weighted by atomic mass is 32.1. The van der Waals surface area contributed by atoms with Crippen molar-refractivity contribution in [2.75, 3.05) is 11.9 Å². The van der Waals surface area contributed by atoms with Crippen molar-refractivity contribution in [1.29, 1.82) is 0 Å². The predicted octanol–water partition coefficient (Wildman–Crippen LogP) is 1.00. The molecule has 2 rings (SSSR count). The Hall–Kier alpha value is -1.76. The molecule has 0 N–H and O–H groups in total. The summed E-state index contributed by atoms with van der Waals surface area (Å²) in [5.41, 5.74) is 1.23. The van der Waals surface area contributed by atoms with Gasteiger partial charge in [-0.1, -0.05) is 18.3 Å². The monoisotopic (exact) mass is 266 g/mol. The molecule has 0 aromatic carbocycles. The lowest BCUT2D eigenvalue weighted by atomic mass is 10.2. The zero-order valence-corrected chi connectivity index (χ0v) is 11.5. The highest BCUT2D eigenvalue weighted by Gasteiger charge is 2.16. The van der Waals surface area contributed by atoms with E-state index in [1.807, 2.05) is 13.8 Å². The number of nitrogens with zero attached hydrogens (tertiary/aromatic N) is 4. The van der Waals surface area contributed by atoms with Crippen LogP contribution in [0.4, 0.5) is 5.13 Å². The molecular weight excluding hydrogens is 252 g/mol. The van der Waals surface area contributed by atoms with Crippen LogP contribution in [0.25, 0.3) is 4.96 Å². The molecule has 0 spiro atoms. The zero-order chi connectivity index (χ0) is 13.4. The number of rotatable bonds is 2. The molecule has 2 aromatic heterocycles. The summed E-state index contributed by atoms with van der Waals surface area (Å²) in [7, 11) is 1.62. The summed E-state index contributed by atoms with van der Waals surface area (Å²) < 4.78 is 1.27. The van der Waals surface area contributed by atoms with Gasteiger partial charge in [-0.3, -0.25) is 14.5 Å². The summed E-state index contributed by atoms with van der Waals surface area (Å²) in [5.74, 6) is -0.130. The van der Waals surface area contributed by atoms with E-state index in [0.717, 1.165) is 5.69 Å². The summed E-state index contributed by atoms with van der Waals surface area (Å²) in [6.45, 7) is 5.17. The van der Waals surface area contributed by atoms with Gasteiger partial charge in [0.2, 0.25) is 16.0 Å². The van der Waals surface area contributed by atoms with Crippen LogP contribution < -0.4 is 10.5 Å². The second-order valence-corrected chi connectivity index (χ2v) is 4.93. The fourth-order valence-electron chi connectivity index (χ4n) is 1.65. The topological polar surface area (TPSA) is 67.6 Å². The molecular formula is C11H14N4O2S. The second kappa shape index (κ2) is 4.49. The highest BCUT2D eigenvalue weighted by Crippen LogP contribution is 2.20. The Morgan fingerprint density at radius 3 is 2.72 bits per heavy atom. The number of hydrogen-bond donors (Lipinski definition) is 0. The molecule has 96 valence electrons. The van der Waals surface area contributed by atoms with Gasteiger partial charge in [-0.05, 0) is 13.3 Å². The molecule has 0 fully saturated rings. The first-order valence-electron chi connectivity index (χ1n) is 5.59. The van der Waals surface area contributed by atoms with E-state index in [1.54, 1.807) is 7.05 Å². The highest BCUT2D eigenvalue weighted by molar-refractivity contribution is 7.20. The van der Waals surface area contributed by atoms with Crippen LogP contribution in [-0.4, -0.2) is 27.6 Å². The summed E-state index contributed by atoms with van der Waals surface area (Å²) in [6, 6.07) is 0. The SMILES string of the molecule is CCc1c(C)nc2sc(N(C)C(C)=O)nn2c1=O. The predicted molar refractivity (Wildman–Crippen MR) is 70.3 cm³/mol. The van der Waals surface area contributed by atoms with E-state index in [0.29, 0.717) is 22.1 Å². The van der Waals surface area contributed by atoms with E-state index in [1.165, 1.54) is 27.7 Å². The Morgan fingerprint density at radius 1 is 1.50 bits per heavy atom. The summed E-state index contributed by atoms with van der Waals surface area (Å²) in [5, 5.41) is 4.62. The average Bonchev–Trinajstić information content (AvgIpc) is 2.72. The standard InChI is InChI=1S/C11H14N4O2S/c1-5-8-6(2)12-10-15(9(8)17)13-11(18-10)14(4)7(3)16/h5H2,1-4H3.